The van der Waals surface area contributed by atoms with E-state index in [4.69, 9.17) is 9.84 Å². The molecule has 0 atom stereocenters. The highest BCUT2D eigenvalue weighted by Crippen LogP contribution is 2.24. The molecule has 1 rings (SSSR count). The Balaban J connectivity index is 3.31. The van der Waals surface area contributed by atoms with Gasteiger partial charge in [-0.25, -0.2) is 4.79 Å². The number of rotatable bonds is 3. The Labute approximate surface area is 90.8 Å². The van der Waals surface area contributed by atoms with Crippen molar-refractivity contribution >= 4 is 21.9 Å². The van der Waals surface area contributed by atoms with E-state index in [0.29, 0.717) is 11.1 Å². The van der Waals surface area contributed by atoms with Crippen LogP contribution in [-0.2, 0) is 5.33 Å². The first kappa shape index (κ1) is 11.0. The van der Waals surface area contributed by atoms with E-state index in [0.717, 1.165) is 11.1 Å². The Kier molecular flexibility index (Phi) is 3.52. The van der Waals surface area contributed by atoms with Gasteiger partial charge in [0.2, 0.25) is 0 Å². The maximum absolute atomic E-state index is 10.8. The van der Waals surface area contributed by atoms with E-state index in [1.54, 1.807) is 12.1 Å². The average Bonchev–Trinajstić information content (AvgIpc) is 2.17. The number of carboxylic acids is 1. The maximum atomic E-state index is 10.8. The number of carbonyl (C=O) groups is 1. The highest BCUT2D eigenvalue weighted by atomic mass is 79.9. The molecule has 0 unspecified atom stereocenters. The molecule has 0 fully saturated rings. The summed E-state index contributed by atoms with van der Waals surface area (Å²) in [4.78, 5) is 10.8. The first-order chi connectivity index (χ1) is 6.60. The number of carboxylic acid groups (broad SMARTS) is 1. The molecule has 0 aliphatic carbocycles. The number of methoxy groups -OCH3 is 1. The third-order valence-corrected chi connectivity index (χ3v) is 2.64. The molecule has 0 aliphatic heterocycles. The molecule has 0 aromatic heterocycles. The third kappa shape index (κ3) is 2.07. The first-order valence-corrected chi connectivity index (χ1v) is 5.19. The normalized spacial score (nSPS) is 9.93. The van der Waals surface area contributed by atoms with Gasteiger partial charge in [0.05, 0.1) is 7.11 Å². The molecule has 0 spiro atoms. The highest BCUT2D eigenvalue weighted by Gasteiger charge is 2.12. The van der Waals surface area contributed by atoms with Gasteiger partial charge in [-0.1, -0.05) is 15.9 Å². The molecule has 3 nitrogen and oxygen atoms in total. The van der Waals surface area contributed by atoms with Crippen molar-refractivity contribution in [3.8, 4) is 5.75 Å². The van der Waals surface area contributed by atoms with Crippen molar-refractivity contribution < 1.29 is 14.6 Å². The number of aromatic carboxylic acids is 1. The van der Waals surface area contributed by atoms with Gasteiger partial charge in [0.15, 0.2) is 0 Å². The summed E-state index contributed by atoms with van der Waals surface area (Å²) in [5.41, 5.74) is 2.18. The van der Waals surface area contributed by atoms with Crippen LogP contribution in [0.15, 0.2) is 12.1 Å². The van der Waals surface area contributed by atoms with Gasteiger partial charge in [0, 0.05) is 5.33 Å². The molecular weight excluding hydrogens is 248 g/mol. The molecular formula is C10H11BrO3. The molecule has 1 aromatic carbocycles. The lowest BCUT2D eigenvalue weighted by Gasteiger charge is -2.09. The van der Waals surface area contributed by atoms with Crippen molar-refractivity contribution in [1.82, 2.24) is 0 Å². The van der Waals surface area contributed by atoms with E-state index in [-0.39, 0.29) is 5.56 Å². The fourth-order valence-corrected chi connectivity index (χ4v) is 1.81. The Hall–Kier alpha value is -1.03. The molecule has 0 saturated heterocycles. The topological polar surface area (TPSA) is 46.5 Å². The first-order valence-electron chi connectivity index (χ1n) is 4.07. The monoisotopic (exact) mass is 258 g/mol. The average molecular weight is 259 g/mol. The number of ether oxygens (including phenoxy) is 1. The van der Waals surface area contributed by atoms with Crippen LogP contribution in [0, 0.1) is 6.92 Å². The summed E-state index contributed by atoms with van der Waals surface area (Å²) in [5, 5.41) is 9.58. The second-order valence-corrected chi connectivity index (χ2v) is 3.48. The van der Waals surface area contributed by atoms with Crippen molar-refractivity contribution in [1.29, 1.82) is 0 Å². The van der Waals surface area contributed by atoms with Crippen LogP contribution in [0.25, 0.3) is 0 Å². The summed E-state index contributed by atoms with van der Waals surface area (Å²) >= 11 is 3.33. The highest BCUT2D eigenvalue weighted by molar-refractivity contribution is 9.08. The van der Waals surface area contributed by atoms with Gasteiger partial charge >= 0.3 is 5.97 Å². The predicted molar refractivity (Wildman–Crippen MR) is 57.3 cm³/mol. The predicted octanol–water partition coefficient (Wildman–Crippen LogP) is 2.60. The molecule has 0 heterocycles. The van der Waals surface area contributed by atoms with Gasteiger partial charge in [-0.15, -0.1) is 0 Å². The summed E-state index contributed by atoms with van der Waals surface area (Å²) in [6.07, 6.45) is 0. The fraction of sp³-hybridized carbons (Fsp3) is 0.300. The summed E-state index contributed by atoms with van der Waals surface area (Å²) < 4.78 is 5.00. The standard InChI is InChI=1S/C10H11BrO3/c1-6-3-8(10(12)13)9(14-2)4-7(6)5-11/h3-4H,5H2,1-2H3,(H,12,13). The van der Waals surface area contributed by atoms with Crippen LogP contribution in [0.2, 0.25) is 0 Å². The Morgan fingerprint density at radius 3 is 2.64 bits per heavy atom. The van der Waals surface area contributed by atoms with Crippen molar-refractivity contribution in [2.75, 3.05) is 7.11 Å². The van der Waals surface area contributed by atoms with E-state index in [1.165, 1.54) is 7.11 Å². The largest absolute Gasteiger partial charge is 0.496 e. The minimum Gasteiger partial charge on any atom is -0.496 e. The zero-order valence-electron chi connectivity index (χ0n) is 8.00. The Bertz CT molecular complexity index is 361. The van der Waals surface area contributed by atoms with Gasteiger partial charge < -0.3 is 9.84 Å². The van der Waals surface area contributed by atoms with Crippen LogP contribution in [0.3, 0.4) is 0 Å². The Morgan fingerprint density at radius 1 is 1.57 bits per heavy atom. The zero-order valence-corrected chi connectivity index (χ0v) is 9.59. The van der Waals surface area contributed by atoms with E-state index < -0.39 is 5.97 Å². The SMILES string of the molecule is COc1cc(CBr)c(C)cc1C(=O)O. The van der Waals surface area contributed by atoms with E-state index in [9.17, 15) is 4.79 Å². The molecule has 1 aromatic rings. The van der Waals surface area contributed by atoms with Gasteiger partial charge in [-0.2, -0.15) is 0 Å². The van der Waals surface area contributed by atoms with E-state index in [2.05, 4.69) is 15.9 Å². The van der Waals surface area contributed by atoms with Crippen molar-refractivity contribution in [2.45, 2.75) is 12.3 Å². The number of hydrogen-bond acceptors (Lipinski definition) is 2. The zero-order chi connectivity index (χ0) is 10.7. The molecule has 0 saturated carbocycles. The summed E-state index contributed by atoms with van der Waals surface area (Å²) in [5.74, 6) is -0.566. The van der Waals surface area contributed by atoms with E-state index in [1.807, 2.05) is 6.92 Å². The molecule has 0 amide bonds. The van der Waals surface area contributed by atoms with Crippen LogP contribution >= 0.6 is 15.9 Å². The fourth-order valence-electron chi connectivity index (χ4n) is 1.21. The number of benzene rings is 1. The minimum atomic E-state index is -0.967. The lowest BCUT2D eigenvalue weighted by molar-refractivity contribution is 0.0693. The number of aryl methyl sites for hydroxylation is 1. The van der Waals surface area contributed by atoms with Crippen LogP contribution < -0.4 is 4.74 Å². The van der Waals surface area contributed by atoms with Crippen molar-refractivity contribution in [3.63, 3.8) is 0 Å². The number of hydrogen-bond donors (Lipinski definition) is 1. The van der Waals surface area contributed by atoms with E-state index >= 15 is 0 Å². The maximum Gasteiger partial charge on any atom is 0.339 e. The summed E-state index contributed by atoms with van der Waals surface area (Å²) in [7, 11) is 1.47. The molecule has 0 aliphatic rings. The van der Waals surface area contributed by atoms with Crippen LogP contribution in [0.1, 0.15) is 21.5 Å². The molecule has 4 heteroatoms. The second-order valence-electron chi connectivity index (χ2n) is 2.92. The van der Waals surface area contributed by atoms with Gasteiger partial charge in [-0.3, -0.25) is 0 Å². The summed E-state index contributed by atoms with van der Waals surface area (Å²) in [6.45, 7) is 1.88. The molecule has 1 N–H and O–H groups in total. The smallest absolute Gasteiger partial charge is 0.339 e. The lowest BCUT2D eigenvalue weighted by atomic mass is 10.1. The van der Waals surface area contributed by atoms with Crippen molar-refractivity contribution in [2.24, 2.45) is 0 Å². The molecule has 0 radical (unpaired) electrons. The minimum absolute atomic E-state index is 0.203. The quantitative estimate of drug-likeness (QED) is 0.848. The third-order valence-electron chi connectivity index (χ3n) is 2.03. The van der Waals surface area contributed by atoms with Gasteiger partial charge in [0.1, 0.15) is 11.3 Å². The number of halogens is 1. The van der Waals surface area contributed by atoms with Gasteiger partial charge in [0.25, 0.3) is 0 Å². The molecule has 0 bridgehead atoms. The van der Waals surface area contributed by atoms with Gasteiger partial charge in [-0.05, 0) is 30.2 Å². The lowest BCUT2D eigenvalue weighted by Crippen LogP contribution is -2.02. The molecule has 76 valence electrons. The van der Waals surface area contributed by atoms with Crippen LogP contribution in [-0.4, -0.2) is 18.2 Å². The van der Waals surface area contributed by atoms with Crippen LogP contribution in [0.4, 0.5) is 0 Å². The summed E-state index contributed by atoms with van der Waals surface area (Å²) in [6, 6.07) is 3.37. The van der Waals surface area contributed by atoms with Crippen LogP contribution in [0.5, 0.6) is 5.75 Å². The number of alkyl halides is 1. The second kappa shape index (κ2) is 4.46. The molecule has 14 heavy (non-hydrogen) atoms. The Morgan fingerprint density at radius 2 is 2.21 bits per heavy atom. The van der Waals surface area contributed by atoms with Crippen molar-refractivity contribution in [3.05, 3.63) is 28.8 Å².